The molecular formula is C16H14N2O3. The number of ketones is 2. The molecule has 0 unspecified atom stereocenters. The summed E-state index contributed by atoms with van der Waals surface area (Å²) in [5.41, 5.74) is 7.98. The van der Waals surface area contributed by atoms with E-state index >= 15 is 0 Å². The van der Waals surface area contributed by atoms with Crippen LogP contribution in [-0.4, -0.2) is 29.8 Å². The average Bonchev–Trinajstić information content (AvgIpc) is 2.51. The zero-order valence-corrected chi connectivity index (χ0v) is 11.2. The lowest BCUT2D eigenvalue weighted by Crippen LogP contribution is -2.24. The van der Waals surface area contributed by atoms with Crippen LogP contribution in [0.4, 0.5) is 11.4 Å². The lowest BCUT2D eigenvalue weighted by Gasteiger charge is -2.22. The van der Waals surface area contributed by atoms with Crippen LogP contribution in [0.3, 0.4) is 0 Å². The van der Waals surface area contributed by atoms with Gasteiger partial charge in [0.1, 0.15) is 0 Å². The Morgan fingerprint density at radius 3 is 2.19 bits per heavy atom. The Kier molecular flexibility index (Phi) is 3.19. The van der Waals surface area contributed by atoms with Crippen LogP contribution >= 0.6 is 0 Å². The molecule has 0 aromatic heterocycles. The maximum atomic E-state index is 12.7. The number of fused-ring (bicyclic) bond motifs is 2. The van der Waals surface area contributed by atoms with Crippen LogP contribution in [0.25, 0.3) is 0 Å². The SMILES string of the molecule is Nc1ccc(NCCO)c2c1C(=O)c1ccccc1C2=O. The molecule has 0 fully saturated rings. The fourth-order valence-electron chi connectivity index (χ4n) is 2.59. The van der Waals surface area contributed by atoms with Crippen LogP contribution in [0.15, 0.2) is 36.4 Å². The normalized spacial score (nSPS) is 12.8. The van der Waals surface area contributed by atoms with E-state index in [1.165, 1.54) is 0 Å². The Morgan fingerprint density at radius 1 is 0.952 bits per heavy atom. The number of carbonyl (C=O) groups excluding carboxylic acids is 2. The second kappa shape index (κ2) is 5.03. The number of rotatable bonds is 3. The number of carbonyl (C=O) groups is 2. The highest BCUT2D eigenvalue weighted by Crippen LogP contribution is 2.35. The van der Waals surface area contributed by atoms with Gasteiger partial charge in [0.15, 0.2) is 11.6 Å². The maximum Gasteiger partial charge on any atom is 0.196 e. The van der Waals surface area contributed by atoms with Crippen molar-refractivity contribution in [3.05, 3.63) is 58.7 Å². The quantitative estimate of drug-likeness (QED) is 0.632. The monoisotopic (exact) mass is 282 g/mol. The van der Waals surface area contributed by atoms with E-state index in [0.29, 0.717) is 23.4 Å². The first kappa shape index (κ1) is 13.3. The number of hydrogen-bond acceptors (Lipinski definition) is 5. The standard InChI is InChI=1S/C16H14N2O3/c17-11-5-6-12(18-7-8-19)14-13(11)15(20)9-3-1-2-4-10(9)16(14)21/h1-6,18-19H,7-8,17H2. The van der Waals surface area contributed by atoms with E-state index in [9.17, 15) is 9.59 Å². The first-order valence-corrected chi connectivity index (χ1v) is 6.60. The second-order valence-electron chi connectivity index (χ2n) is 4.81. The molecule has 0 heterocycles. The third kappa shape index (κ3) is 1.98. The number of nitrogens with two attached hydrogens (primary N) is 1. The molecule has 0 saturated carbocycles. The minimum atomic E-state index is -0.245. The number of aliphatic hydroxyl groups is 1. The molecule has 4 N–H and O–H groups in total. The van der Waals surface area contributed by atoms with E-state index in [2.05, 4.69) is 5.32 Å². The van der Waals surface area contributed by atoms with Crippen LogP contribution in [0.5, 0.6) is 0 Å². The second-order valence-corrected chi connectivity index (χ2v) is 4.81. The number of nitrogens with one attached hydrogen (secondary N) is 1. The van der Waals surface area contributed by atoms with Gasteiger partial charge in [-0.15, -0.1) is 0 Å². The van der Waals surface area contributed by atoms with Crippen molar-refractivity contribution in [1.29, 1.82) is 0 Å². The van der Waals surface area contributed by atoms with Gasteiger partial charge in [0.25, 0.3) is 0 Å². The van der Waals surface area contributed by atoms with Gasteiger partial charge in [-0.2, -0.15) is 0 Å². The zero-order chi connectivity index (χ0) is 15.0. The van der Waals surface area contributed by atoms with Gasteiger partial charge in [0.05, 0.1) is 17.7 Å². The average molecular weight is 282 g/mol. The molecule has 0 spiro atoms. The Hall–Kier alpha value is -2.66. The van der Waals surface area contributed by atoms with Gasteiger partial charge in [-0.1, -0.05) is 24.3 Å². The summed E-state index contributed by atoms with van der Waals surface area (Å²) in [6.07, 6.45) is 0. The summed E-state index contributed by atoms with van der Waals surface area (Å²) in [5, 5.41) is 11.9. The van der Waals surface area contributed by atoms with Crippen LogP contribution in [0, 0.1) is 0 Å². The molecule has 21 heavy (non-hydrogen) atoms. The maximum absolute atomic E-state index is 12.7. The number of benzene rings is 2. The predicted molar refractivity (Wildman–Crippen MR) is 79.7 cm³/mol. The highest BCUT2D eigenvalue weighted by atomic mass is 16.3. The Morgan fingerprint density at radius 2 is 1.57 bits per heavy atom. The summed E-state index contributed by atoms with van der Waals surface area (Å²) >= 11 is 0. The van der Waals surface area contributed by atoms with E-state index in [-0.39, 0.29) is 35.0 Å². The van der Waals surface area contributed by atoms with E-state index in [0.717, 1.165) is 0 Å². The summed E-state index contributed by atoms with van der Waals surface area (Å²) in [4.78, 5) is 25.3. The number of anilines is 2. The summed E-state index contributed by atoms with van der Waals surface area (Å²) in [6.45, 7) is 0.220. The van der Waals surface area contributed by atoms with E-state index in [1.807, 2.05) is 0 Å². The van der Waals surface area contributed by atoms with Crippen molar-refractivity contribution in [2.45, 2.75) is 0 Å². The largest absolute Gasteiger partial charge is 0.398 e. The van der Waals surface area contributed by atoms with Crippen molar-refractivity contribution < 1.29 is 14.7 Å². The van der Waals surface area contributed by atoms with Crippen molar-refractivity contribution in [1.82, 2.24) is 0 Å². The number of hydrogen-bond donors (Lipinski definition) is 3. The molecule has 0 amide bonds. The fourth-order valence-corrected chi connectivity index (χ4v) is 2.59. The van der Waals surface area contributed by atoms with Crippen molar-refractivity contribution in [3.63, 3.8) is 0 Å². The Bertz CT molecular complexity index is 753. The summed E-state index contributed by atoms with van der Waals surface area (Å²) in [5.74, 6) is -0.474. The molecular weight excluding hydrogens is 268 g/mol. The molecule has 2 aromatic rings. The minimum Gasteiger partial charge on any atom is -0.398 e. The van der Waals surface area contributed by atoms with E-state index in [1.54, 1.807) is 36.4 Å². The fraction of sp³-hybridized carbons (Fsp3) is 0.125. The van der Waals surface area contributed by atoms with Crippen molar-refractivity contribution in [2.75, 3.05) is 24.2 Å². The van der Waals surface area contributed by atoms with Crippen LogP contribution in [0.1, 0.15) is 31.8 Å². The first-order chi connectivity index (χ1) is 10.1. The Balaban J connectivity index is 2.24. The molecule has 0 radical (unpaired) electrons. The summed E-state index contributed by atoms with van der Waals surface area (Å²) in [7, 11) is 0. The van der Waals surface area contributed by atoms with E-state index < -0.39 is 0 Å². The number of nitrogen functional groups attached to an aromatic ring is 1. The van der Waals surface area contributed by atoms with Gasteiger partial charge < -0.3 is 16.2 Å². The van der Waals surface area contributed by atoms with Crippen LogP contribution < -0.4 is 11.1 Å². The van der Waals surface area contributed by atoms with Gasteiger partial charge in [0, 0.05) is 29.0 Å². The lowest BCUT2D eigenvalue weighted by molar-refractivity contribution is 0.0980. The highest BCUT2D eigenvalue weighted by molar-refractivity contribution is 6.31. The predicted octanol–water partition coefficient (Wildman–Crippen LogP) is 1.45. The van der Waals surface area contributed by atoms with Crippen molar-refractivity contribution in [2.24, 2.45) is 0 Å². The van der Waals surface area contributed by atoms with Crippen molar-refractivity contribution in [3.8, 4) is 0 Å². The molecule has 1 aliphatic rings. The third-order valence-corrected chi connectivity index (χ3v) is 3.54. The van der Waals surface area contributed by atoms with Crippen LogP contribution in [0.2, 0.25) is 0 Å². The van der Waals surface area contributed by atoms with E-state index in [4.69, 9.17) is 10.8 Å². The highest BCUT2D eigenvalue weighted by Gasteiger charge is 2.33. The lowest BCUT2D eigenvalue weighted by atomic mass is 9.82. The Labute approximate surface area is 121 Å². The first-order valence-electron chi connectivity index (χ1n) is 6.60. The molecule has 0 saturated heterocycles. The summed E-state index contributed by atoms with van der Waals surface area (Å²) in [6, 6.07) is 9.96. The van der Waals surface area contributed by atoms with Gasteiger partial charge in [-0.25, -0.2) is 0 Å². The smallest absolute Gasteiger partial charge is 0.196 e. The van der Waals surface area contributed by atoms with Gasteiger partial charge in [0.2, 0.25) is 0 Å². The van der Waals surface area contributed by atoms with Gasteiger partial charge in [-0.3, -0.25) is 9.59 Å². The van der Waals surface area contributed by atoms with Gasteiger partial charge >= 0.3 is 0 Å². The van der Waals surface area contributed by atoms with Gasteiger partial charge in [-0.05, 0) is 12.1 Å². The molecule has 2 aromatic carbocycles. The molecule has 5 nitrogen and oxygen atoms in total. The summed E-state index contributed by atoms with van der Waals surface area (Å²) < 4.78 is 0. The zero-order valence-electron chi connectivity index (χ0n) is 11.2. The molecule has 0 bridgehead atoms. The third-order valence-electron chi connectivity index (χ3n) is 3.54. The number of aliphatic hydroxyl groups excluding tert-OH is 1. The van der Waals surface area contributed by atoms with Crippen molar-refractivity contribution >= 4 is 22.9 Å². The molecule has 1 aliphatic carbocycles. The molecule has 3 rings (SSSR count). The van der Waals surface area contributed by atoms with Crippen LogP contribution in [-0.2, 0) is 0 Å². The molecule has 106 valence electrons. The molecule has 0 atom stereocenters. The molecule has 5 heteroatoms. The topological polar surface area (TPSA) is 92.4 Å². The molecule has 0 aliphatic heterocycles. The minimum absolute atomic E-state index is 0.0716.